The molecule has 0 aromatic carbocycles. The molecule has 1 aliphatic rings. The van der Waals surface area contributed by atoms with Crippen LogP contribution in [0, 0.1) is 0 Å². The number of carbonyl (C=O) groups excluding carboxylic acids is 1. The van der Waals surface area contributed by atoms with Gasteiger partial charge in [0.1, 0.15) is 11.2 Å². The molecule has 0 aliphatic carbocycles. The molecule has 5 nitrogen and oxygen atoms in total. The third kappa shape index (κ3) is 5.21. The monoisotopic (exact) mass is 343 g/mol. The zero-order valence-corrected chi connectivity index (χ0v) is 15.4. The summed E-state index contributed by atoms with van der Waals surface area (Å²) < 4.78 is 7.19. The van der Waals surface area contributed by atoms with Gasteiger partial charge in [-0.2, -0.15) is 28.6 Å². The lowest BCUT2D eigenvalue weighted by Crippen LogP contribution is -2.30. The molecule has 2 rings (SSSR count). The minimum Gasteiger partial charge on any atom is -0.456 e. The van der Waals surface area contributed by atoms with E-state index in [0.29, 0.717) is 17.4 Å². The molecule has 1 unspecified atom stereocenters. The summed E-state index contributed by atoms with van der Waals surface area (Å²) in [4.78, 5) is 12.2. The van der Waals surface area contributed by atoms with Crippen LogP contribution in [-0.2, 0) is 18.3 Å². The van der Waals surface area contributed by atoms with Crippen LogP contribution in [0.3, 0.4) is 0 Å². The Hall–Kier alpha value is -0.660. The second-order valence-corrected chi connectivity index (χ2v) is 8.89. The smallest absolute Gasteiger partial charge is 0.342 e. The molecule has 1 aromatic rings. The Balaban J connectivity index is 1.92. The lowest BCUT2D eigenvalue weighted by atomic mass is 10.2. The van der Waals surface area contributed by atoms with Crippen LogP contribution in [0.15, 0.2) is 6.20 Å². The molecule has 0 amide bonds. The number of carbonyl (C=O) groups is 1. The SMILES string of the molecule is Cn1ncc(C(=O)OC(C)(C)C)c1CNCC1CSCCS1. The molecule has 2 heterocycles. The summed E-state index contributed by atoms with van der Waals surface area (Å²) in [7, 11) is 1.86. The van der Waals surface area contributed by atoms with E-state index >= 15 is 0 Å². The maximum Gasteiger partial charge on any atom is 0.342 e. The fraction of sp³-hybridized carbons (Fsp3) is 0.733. The van der Waals surface area contributed by atoms with Gasteiger partial charge in [-0.15, -0.1) is 0 Å². The first-order valence-corrected chi connectivity index (χ1v) is 9.71. The number of hydrogen-bond donors (Lipinski definition) is 1. The van der Waals surface area contributed by atoms with Crippen LogP contribution < -0.4 is 5.32 Å². The van der Waals surface area contributed by atoms with Gasteiger partial charge in [0, 0.05) is 42.6 Å². The number of aryl methyl sites for hydroxylation is 1. The van der Waals surface area contributed by atoms with Gasteiger partial charge in [-0.25, -0.2) is 4.79 Å². The van der Waals surface area contributed by atoms with Gasteiger partial charge >= 0.3 is 5.97 Å². The Kier molecular flexibility index (Phi) is 6.23. The summed E-state index contributed by atoms with van der Waals surface area (Å²) in [6.07, 6.45) is 1.59. The quantitative estimate of drug-likeness (QED) is 0.828. The van der Waals surface area contributed by atoms with Crippen LogP contribution in [0.1, 0.15) is 36.8 Å². The Labute approximate surface area is 140 Å². The van der Waals surface area contributed by atoms with Gasteiger partial charge < -0.3 is 10.1 Å². The van der Waals surface area contributed by atoms with Crippen molar-refractivity contribution in [2.75, 3.05) is 23.8 Å². The number of esters is 1. The van der Waals surface area contributed by atoms with Crippen LogP contribution in [0.5, 0.6) is 0 Å². The molecule has 0 spiro atoms. The molecular formula is C15H25N3O2S2. The molecule has 0 bridgehead atoms. The highest BCUT2D eigenvalue weighted by molar-refractivity contribution is 8.06. The first kappa shape index (κ1) is 17.7. The van der Waals surface area contributed by atoms with E-state index in [1.807, 2.05) is 51.3 Å². The van der Waals surface area contributed by atoms with Gasteiger partial charge in [0.05, 0.1) is 11.9 Å². The van der Waals surface area contributed by atoms with Crippen molar-refractivity contribution >= 4 is 29.5 Å². The highest BCUT2D eigenvalue weighted by atomic mass is 32.2. The Morgan fingerprint density at radius 2 is 2.27 bits per heavy atom. The van der Waals surface area contributed by atoms with Crippen LogP contribution in [0.25, 0.3) is 0 Å². The summed E-state index contributed by atoms with van der Waals surface area (Å²) in [6, 6.07) is 0. The summed E-state index contributed by atoms with van der Waals surface area (Å²) in [6.45, 7) is 7.20. The molecule has 1 aliphatic heterocycles. The zero-order chi connectivity index (χ0) is 16.2. The summed E-state index contributed by atoms with van der Waals surface area (Å²) in [5.74, 6) is 3.37. The van der Waals surface area contributed by atoms with Gasteiger partial charge in [0.2, 0.25) is 0 Å². The molecule has 1 aromatic heterocycles. The highest BCUT2D eigenvalue weighted by Crippen LogP contribution is 2.23. The first-order chi connectivity index (χ1) is 10.4. The minimum atomic E-state index is -0.492. The van der Waals surface area contributed by atoms with Crippen LogP contribution in [-0.4, -0.2) is 50.4 Å². The third-order valence-electron chi connectivity index (χ3n) is 3.23. The topological polar surface area (TPSA) is 56.2 Å². The lowest BCUT2D eigenvalue weighted by Gasteiger charge is -2.21. The van der Waals surface area contributed by atoms with E-state index in [4.69, 9.17) is 4.74 Å². The van der Waals surface area contributed by atoms with Gasteiger partial charge in [-0.3, -0.25) is 4.68 Å². The predicted molar refractivity (Wildman–Crippen MR) is 93.7 cm³/mol. The Bertz CT molecular complexity index is 505. The average molecular weight is 344 g/mol. The van der Waals surface area contributed by atoms with Gasteiger partial charge in [0.15, 0.2) is 0 Å². The Morgan fingerprint density at radius 1 is 1.50 bits per heavy atom. The van der Waals surface area contributed by atoms with E-state index in [-0.39, 0.29) is 5.97 Å². The van der Waals surface area contributed by atoms with E-state index in [1.54, 1.807) is 10.9 Å². The molecule has 0 radical (unpaired) electrons. The van der Waals surface area contributed by atoms with Crippen LogP contribution >= 0.6 is 23.5 Å². The fourth-order valence-electron chi connectivity index (χ4n) is 2.18. The first-order valence-electron chi connectivity index (χ1n) is 7.51. The van der Waals surface area contributed by atoms with E-state index < -0.39 is 5.60 Å². The van der Waals surface area contributed by atoms with Crippen molar-refractivity contribution < 1.29 is 9.53 Å². The number of nitrogens with zero attached hydrogens (tertiary/aromatic N) is 2. The largest absolute Gasteiger partial charge is 0.456 e. The van der Waals surface area contributed by atoms with Gasteiger partial charge in [-0.1, -0.05) is 0 Å². The Morgan fingerprint density at radius 3 is 2.91 bits per heavy atom. The molecule has 7 heteroatoms. The van der Waals surface area contributed by atoms with Crippen LogP contribution in [0.2, 0.25) is 0 Å². The van der Waals surface area contributed by atoms with Crippen molar-refractivity contribution in [3.05, 3.63) is 17.5 Å². The summed E-state index contributed by atoms with van der Waals surface area (Å²) in [5.41, 5.74) is 0.937. The number of nitrogens with one attached hydrogen (secondary N) is 1. The van der Waals surface area contributed by atoms with Gasteiger partial charge in [0.25, 0.3) is 0 Å². The van der Waals surface area contributed by atoms with Crippen molar-refractivity contribution in [2.24, 2.45) is 7.05 Å². The molecule has 1 saturated heterocycles. The van der Waals surface area contributed by atoms with E-state index in [9.17, 15) is 4.79 Å². The number of thioether (sulfide) groups is 2. The van der Waals surface area contributed by atoms with Crippen molar-refractivity contribution in [1.29, 1.82) is 0 Å². The zero-order valence-electron chi connectivity index (χ0n) is 13.7. The number of ether oxygens (including phenoxy) is 1. The van der Waals surface area contributed by atoms with E-state index in [1.165, 1.54) is 17.3 Å². The van der Waals surface area contributed by atoms with Crippen molar-refractivity contribution in [3.63, 3.8) is 0 Å². The summed E-state index contributed by atoms with van der Waals surface area (Å²) in [5, 5.41) is 8.30. The van der Waals surface area contributed by atoms with Crippen molar-refractivity contribution in [1.82, 2.24) is 15.1 Å². The minimum absolute atomic E-state index is 0.306. The molecular weight excluding hydrogens is 318 g/mol. The molecule has 1 atom stereocenters. The average Bonchev–Trinajstić information content (AvgIpc) is 2.80. The van der Waals surface area contributed by atoms with E-state index in [2.05, 4.69) is 10.4 Å². The van der Waals surface area contributed by atoms with Crippen molar-refractivity contribution in [2.45, 2.75) is 38.2 Å². The maximum atomic E-state index is 12.2. The van der Waals surface area contributed by atoms with Gasteiger partial charge in [-0.05, 0) is 20.8 Å². The predicted octanol–water partition coefficient (Wildman–Crippen LogP) is 2.31. The van der Waals surface area contributed by atoms with E-state index in [0.717, 1.165) is 12.2 Å². The summed E-state index contributed by atoms with van der Waals surface area (Å²) >= 11 is 4.04. The highest BCUT2D eigenvalue weighted by Gasteiger charge is 2.23. The standard InChI is InChI=1S/C15H25N3O2S2/c1-15(2,3)20-14(19)12-8-17-18(4)13(12)9-16-7-11-10-21-5-6-22-11/h8,11,16H,5-7,9-10H2,1-4H3. The second-order valence-electron chi connectivity index (χ2n) is 6.33. The molecule has 1 fully saturated rings. The molecule has 22 heavy (non-hydrogen) atoms. The maximum absolute atomic E-state index is 12.2. The van der Waals surface area contributed by atoms with Crippen molar-refractivity contribution in [3.8, 4) is 0 Å². The lowest BCUT2D eigenvalue weighted by molar-refractivity contribution is 0.00680. The normalized spacial score (nSPS) is 19.2. The second kappa shape index (κ2) is 7.75. The fourth-order valence-corrected chi connectivity index (χ4v) is 4.83. The number of rotatable bonds is 5. The molecule has 0 saturated carbocycles. The van der Waals surface area contributed by atoms with Crippen LogP contribution in [0.4, 0.5) is 0 Å². The molecule has 124 valence electrons. The number of hydrogen-bond acceptors (Lipinski definition) is 6. The number of aromatic nitrogens is 2. The third-order valence-corrected chi connectivity index (χ3v) is 6.07. The molecule has 1 N–H and O–H groups in total.